The zero-order chi connectivity index (χ0) is 10.6. The van der Waals surface area contributed by atoms with Gasteiger partial charge in [-0.15, -0.1) is 0 Å². The van der Waals surface area contributed by atoms with E-state index < -0.39 is 0 Å². The highest BCUT2D eigenvalue weighted by Crippen LogP contribution is 2.12. The summed E-state index contributed by atoms with van der Waals surface area (Å²) in [5.74, 6) is 0.737. The Balaban J connectivity index is 2.10. The van der Waals surface area contributed by atoms with Crippen LogP contribution in [0, 0.1) is 5.92 Å². The molecular formula is C10H21N3O. The van der Waals surface area contributed by atoms with Crippen LogP contribution in [0.3, 0.4) is 0 Å². The van der Waals surface area contributed by atoms with Crippen molar-refractivity contribution in [3.63, 3.8) is 0 Å². The number of nitrogens with zero attached hydrogens (tertiary/aromatic N) is 1. The van der Waals surface area contributed by atoms with Gasteiger partial charge in [-0.25, -0.2) is 0 Å². The smallest absolute Gasteiger partial charge is 0.234 e. The SMILES string of the molecule is CCC(C)NC(=O)CN1CC(CN)C1. The largest absolute Gasteiger partial charge is 0.353 e. The number of nitrogens with two attached hydrogens (primary N) is 1. The molecule has 1 atom stereocenters. The number of amides is 1. The van der Waals surface area contributed by atoms with Gasteiger partial charge in [0.2, 0.25) is 5.91 Å². The van der Waals surface area contributed by atoms with E-state index in [0.29, 0.717) is 12.5 Å². The van der Waals surface area contributed by atoms with Crippen LogP contribution >= 0.6 is 0 Å². The number of carbonyl (C=O) groups is 1. The molecular weight excluding hydrogens is 178 g/mol. The summed E-state index contributed by atoms with van der Waals surface area (Å²) in [5.41, 5.74) is 5.50. The maximum atomic E-state index is 11.4. The first-order valence-corrected chi connectivity index (χ1v) is 5.37. The third-order valence-electron chi connectivity index (χ3n) is 2.75. The van der Waals surface area contributed by atoms with Crippen molar-refractivity contribution in [3.8, 4) is 0 Å². The summed E-state index contributed by atoms with van der Waals surface area (Å²) in [6.07, 6.45) is 0.983. The molecule has 0 aliphatic carbocycles. The van der Waals surface area contributed by atoms with E-state index in [4.69, 9.17) is 5.73 Å². The Labute approximate surface area is 85.8 Å². The number of hydrogen-bond donors (Lipinski definition) is 2. The highest BCUT2D eigenvalue weighted by molar-refractivity contribution is 5.78. The first-order chi connectivity index (χ1) is 6.65. The van der Waals surface area contributed by atoms with Crippen LogP contribution in [0.4, 0.5) is 0 Å². The molecule has 0 radical (unpaired) electrons. The van der Waals surface area contributed by atoms with Gasteiger partial charge in [0.05, 0.1) is 6.54 Å². The normalized spacial score (nSPS) is 20.2. The van der Waals surface area contributed by atoms with Gasteiger partial charge in [0.25, 0.3) is 0 Å². The van der Waals surface area contributed by atoms with Gasteiger partial charge in [0.1, 0.15) is 0 Å². The number of nitrogens with one attached hydrogen (secondary N) is 1. The highest BCUT2D eigenvalue weighted by Gasteiger charge is 2.26. The van der Waals surface area contributed by atoms with E-state index in [2.05, 4.69) is 17.1 Å². The Morgan fingerprint density at radius 2 is 2.29 bits per heavy atom. The molecule has 82 valence electrons. The van der Waals surface area contributed by atoms with Crippen molar-refractivity contribution in [1.82, 2.24) is 10.2 Å². The average molecular weight is 199 g/mol. The molecule has 1 fully saturated rings. The summed E-state index contributed by atoms with van der Waals surface area (Å²) >= 11 is 0. The summed E-state index contributed by atoms with van der Waals surface area (Å²) in [6.45, 7) is 7.31. The maximum Gasteiger partial charge on any atom is 0.234 e. The maximum absolute atomic E-state index is 11.4. The molecule has 0 aromatic carbocycles. The van der Waals surface area contributed by atoms with E-state index in [0.717, 1.165) is 26.1 Å². The minimum absolute atomic E-state index is 0.134. The molecule has 14 heavy (non-hydrogen) atoms. The monoisotopic (exact) mass is 199 g/mol. The van der Waals surface area contributed by atoms with Gasteiger partial charge in [-0.3, -0.25) is 9.69 Å². The van der Waals surface area contributed by atoms with Crippen molar-refractivity contribution in [2.24, 2.45) is 11.7 Å². The van der Waals surface area contributed by atoms with Crippen molar-refractivity contribution in [3.05, 3.63) is 0 Å². The highest BCUT2D eigenvalue weighted by atomic mass is 16.2. The van der Waals surface area contributed by atoms with E-state index in [1.165, 1.54) is 0 Å². The average Bonchev–Trinajstić information content (AvgIpc) is 2.10. The molecule has 0 aromatic heterocycles. The molecule has 1 unspecified atom stereocenters. The minimum Gasteiger partial charge on any atom is -0.353 e. The van der Waals surface area contributed by atoms with Crippen LogP contribution in [-0.4, -0.2) is 43.0 Å². The molecule has 1 heterocycles. The van der Waals surface area contributed by atoms with Gasteiger partial charge < -0.3 is 11.1 Å². The van der Waals surface area contributed by atoms with E-state index in [9.17, 15) is 4.79 Å². The molecule has 4 heteroatoms. The third-order valence-corrected chi connectivity index (χ3v) is 2.75. The third kappa shape index (κ3) is 3.27. The second-order valence-electron chi connectivity index (χ2n) is 4.17. The second kappa shape index (κ2) is 5.32. The van der Waals surface area contributed by atoms with Crippen molar-refractivity contribution in [2.75, 3.05) is 26.2 Å². The molecule has 0 saturated carbocycles. The minimum atomic E-state index is 0.134. The quantitative estimate of drug-likeness (QED) is 0.644. The van der Waals surface area contributed by atoms with E-state index in [1.807, 2.05) is 6.92 Å². The summed E-state index contributed by atoms with van der Waals surface area (Å²) in [5, 5.41) is 2.95. The van der Waals surface area contributed by atoms with Crippen molar-refractivity contribution < 1.29 is 4.79 Å². The van der Waals surface area contributed by atoms with Crippen LogP contribution in [0.2, 0.25) is 0 Å². The Morgan fingerprint density at radius 1 is 1.64 bits per heavy atom. The number of carbonyl (C=O) groups excluding carboxylic acids is 1. The lowest BCUT2D eigenvalue weighted by atomic mass is 10.0. The summed E-state index contributed by atoms with van der Waals surface area (Å²) in [7, 11) is 0. The lowest BCUT2D eigenvalue weighted by Crippen LogP contribution is -2.53. The van der Waals surface area contributed by atoms with Gasteiger partial charge in [-0.05, 0) is 25.8 Å². The topological polar surface area (TPSA) is 58.4 Å². The van der Waals surface area contributed by atoms with E-state index in [1.54, 1.807) is 0 Å². The van der Waals surface area contributed by atoms with Crippen LogP contribution in [0.25, 0.3) is 0 Å². The van der Waals surface area contributed by atoms with Crippen LogP contribution in [0.1, 0.15) is 20.3 Å². The van der Waals surface area contributed by atoms with Crippen molar-refractivity contribution in [1.29, 1.82) is 0 Å². The molecule has 1 aliphatic heterocycles. The first-order valence-electron chi connectivity index (χ1n) is 5.37. The number of rotatable bonds is 5. The molecule has 0 spiro atoms. The molecule has 0 aromatic rings. The van der Waals surface area contributed by atoms with Gasteiger partial charge in [-0.2, -0.15) is 0 Å². The standard InChI is InChI=1S/C10H21N3O/c1-3-8(2)12-10(14)7-13-5-9(4-11)6-13/h8-9H,3-7,11H2,1-2H3,(H,12,14). The number of likely N-dealkylation sites (tertiary alicyclic amines) is 1. The summed E-state index contributed by atoms with van der Waals surface area (Å²) in [4.78, 5) is 13.6. The second-order valence-corrected chi connectivity index (χ2v) is 4.17. The van der Waals surface area contributed by atoms with Crippen LogP contribution in [-0.2, 0) is 4.79 Å². The first kappa shape index (κ1) is 11.5. The van der Waals surface area contributed by atoms with E-state index >= 15 is 0 Å². The van der Waals surface area contributed by atoms with E-state index in [-0.39, 0.29) is 11.9 Å². The molecule has 1 amide bonds. The number of hydrogen-bond acceptors (Lipinski definition) is 3. The van der Waals surface area contributed by atoms with Gasteiger partial charge in [0, 0.05) is 19.1 Å². The summed E-state index contributed by atoms with van der Waals surface area (Å²) in [6, 6.07) is 0.286. The van der Waals surface area contributed by atoms with Crippen LogP contribution < -0.4 is 11.1 Å². The fraction of sp³-hybridized carbons (Fsp3) is 0.900. The Bertz CT molecular complexity index is 190. The predicted octanol–water partition coefficient (Wildman–Crippen LogP) is -0.208. The van der Waals surface area contributed by atoms with Crippen molar-refractivity contribution in [2.45, 2.75) is 26.3 Å². The van der Waals surface area contributed by atoms with Crippen molar-refractivity contribution >= 4 is 5.91 Å². The lowest BCUT2D eigenvalue weighted by Gasteiger charge is -2.38. The van der Waals surface area contributed by atoms with Gasteiger partial charge in [0.15, 0.2) is 0 Å². The predicted molar refractivity (Wildman–Crippen MR) is 56.9 cm³/mol. The summed E-state index contributed by atoms with van der Waals surface area (Å²) < 4.78 is 0. The Kier molecular flexibility index (Phi) is 4.35. The lowest BCUT2D eigenvalue weighted by molar-refractivity contribution is -0.124. The van der Waals surface area contributed by atoms with Crippen LogP contribution in [0.15, 0.2) is 0 Å². The fourth-order valence-electron chi connectivity index (χ4n) is 1.58. The Hall–Kier alpha value is -0.610. The molecule has 1 saturated heterocycles. The molecule has 1 aliphatic rings. The molecule has 3 N–H and O–H groups in total. The molecule has 1 rings (SSSR count). The van der Waals surface area contributed by atoms with Gasteiger partial charge in [-0.1, -0.05) is 6.92 Å². The van der Waals surface area contributed by atoms with Gasteiger partial charge >= 0.3 is 0 Å². The molecule has 0 bridgehead atoms. The zero-order valence-electron chi connectivity index (χ0n) is 9.12. The molecule has 4 nitrogen and oxygen atoms in total. The van der Waals surface area contributed by atoms with Crippen LogP contribution in [0.5, 0.6) is 0 Å². The fourth-order valence-corrected chi connectivity index (χ4v) is 1.58. The Morgan fingerprint density at radius 3 is 2.79 bits per heavy atom. The zero-order valence-corrected chi connectivity index (χ0v) is 9.12.